The van der Waals surface area contributed by atoms with Crippen molar-refractivity contribution in [2.24, 2.45) is 0 Å². The van der Waals surface area contributed by atoms with Crippen molar-refractivity contribution in [1.29, 1.82) is 0 Å². The van der Waals surface area contributed by atoms with Gasteiger partial charge in [0.1, 0.15) is 5.69 Å². The van der Waals surface area contributed by atoms with E-state index in [9.17, 15) is 14.4 Å². The van der Waals surface area contributed by atoms with Gasteiger partial charge in [-0.1, -0.05) is 42.5 Å². The number of aromatic amines is 1. The molecule has 7 heteroatoms. The molecule has 7 nitrogen and oxygen atoms in total. The van der Waals surface area contributed by atoms with E-state index >= 15 is 0 Å². The second-order valence-corrected chi connectivity index (χ2v) is 6.72. The number of carbonyl (C=O) groups is 2. The molecule has 0 fully saturated rings. The smallest absolute Gasteiger partial charge is 0.281 e. The fourth-order valence-corrected chi connectivity index (χ4v) is 3.40. The van der Waals surface area contributed by atoms with E-state index in [-0.39, 0.29) is 28.5 Å². The lowest BCUT2D eigenvalue weighted by atomic mass is 10.0. The van der Waals surface area contributed by atoms with Crippen LogP contribution in [0.4, 0.5) is 0 Å². The van der Waals surface area contributed by atoms with Crippen LogP contribution in [0.1, 0.15) is 32.1 Å². The Labute approximate surface area is 169 Å². The minimum atomic E-state index is -0.460. The van der Waals surface area contributed by atoms with E-state index in [2.05, 4.69) is 15.1 Å². The van der Waals surface area contributed by atoms with Crippen molar-refractivity contribution >= 4 is 28.1 Å². The molecule has 0 unspecified atom stereocenters. The van der Waals surface area contributed by atoms with Crippen molar-refractivity contribution < 1.29 is 9.59 Å². The molecule has 5 aromatic rings. The van der Waals surface area contributed by atoms with Gasteiger partial charge < -0.3 is 4.98 Å². The van der Waals surface area contributed by atoms with Gasteiger partial charge in [-0.2, -0.15) is 10.1 Å². The quantitative estimate of drug-likeness (QED) is 0.373. The van der Waals surface area contributed by atoms with Gasteiger partial charge in [0.2, 0.25) is 5.78 Å². The molecule has 0 spiro atoms. The van der Waals surface area contributed by atoms with Gasteiger partial charge in [0, 0.05) is 11.8 Å². The molecular formula is C23H14N4O3. The molecule has 0 aliphatic carbocycles. The van der Waals surface area contributed by atoms with E-state index in [1.54, 1.807) is 72.9 Å². The molecule has 5 rings (SSSR count). The third-order valence-electron chi connectivity index (χ3n) is 4.86. The first kappa shape index (κ1) is 17.7. The van der Waals surface area contributed by atoms with Crippen LogP contribution < -0.4 is 5.56 Å². The topological polar surface area (TPSA) is 97.2 Å². The normalized spacial score (nSPS) is 11.1. The highest BCUT2D eigenvalue weighted by Crippen LogP contribution is 2.19. The fraction of sp³-hybridized carbons (Fsp3) is 0. The summed E-state index contributed by atoms with van der Waals surface area (Å²) in [6, 6.07) is 20.2. The maximum Gasteiger partial charge on any atom is 0.281 e. The number of hydrogen-bond donors (Lipinski definition) is 1. The van der Waals surface area contributed by atoms with Gasteiger partial charge in [-0.3, -0.25) is 14.4 Å². The molecule has 30 heavy (non-hydrogen) atoms. The Balaban J connectivity index is 1.86. The molecule has 1 N–H and O–H groups in total. The number of rotatable bonds is 4. The number of nitrogens with one attached hydrogen (secondary N) is 1. The Hall–Kier alpha value is -4.39. The summed E-state index contributed by atoms with van der Waals surface area (Å²) in [7, 11) is 0. The van der Waals surface area contributed by atoms with Crippen LogP contribution in [0.3, 0.4) is 0 Å². The zero-order chi connectivity index (χ0) is 20.7. The Morgan fingerprint density at radius 2 is 1.63 bits per heavy atom. The molecular weight excluding hydrogens is 380 g/mol. The van der Waals surface area contributed by atoms with Crippen LogP contribution in [0.15, 0.2) is 83.8 Å². The highest BCUT2D eigenvalue weighted by Gasteiger charge is 2.22. The van der Waals surface area contributed by atoms with Crippen molar-refractivity contribution in [3.8, 4) is 0 Å². The number of ketones is 2. The molecule has 0 saturated carbocycles. The van der Waals surface area contributed by atoms with Crippen molar-refractivity contribution in [3.63, 3.8) is 0 Å². The molecule has 0 radical (unpaired) electrons. The number of carbonyl (C=O) groups excluding carboxylic acids is 2. The Morgan fingerprint density at radius 1 is 0.867 bits per heavy atom. The maximum absolute atomic E-state index is 13.3. The fourth-order valence-electron chi connectivity index (χ4n) is 3.40. The lowest BCUT2D eigenvalue weighted by Gasteiger charge is -2.11. The van der Waals surface area contributed by atoms with Gasteiger partial charge in [-0.05, 0) is 30.3 Å². The summed E-state index contributed by atoms with van der Waals surface area (Å²) in [5.41, 5.74) is 1.09. The number of hydrogen-bond acceptors (Lipinski definition) is 5. The van der Waals surface area contributed by atoms with Crippen LogP contribution in [0.5, 0.6) is 0 Å². The van der Waals surface area contributed by atoms with Crippen LogP contribution in [-0.4, -0.2) is 31.1 Å². The average Bonchev–Trinajstić information content (AvgIpc) is 3.33. The van der Waals surface area contributed by atoms with E-state index in [1.807, 2.05) is 0 Å². The molecule has 3 aromatic heterocycles. The SMILES string of the molecule is O=C(c1cc(C(=O)c2ccccc2)c2nc(=O)c3ccccc3n2n1)c1ccc[nH]1. The monoisotopic (exact) mass is 394 g/mol. The second-order valence-electron chi connectivity index (χ2n) is 6.72. The molecule has 0 aliphatic heterocycles. The molecule has 0 aliphatic rings. The van der Waals surface area contributed by atoms with Crippen LogP contribution >= 0.6 is 0 Å². The van der Waals surface area contributed by atoms with Gasteiger partial charge in [0.05, 0.1) is 22.2 Å². The summed E-state index contributed by atoms with van der Waals surface area (Å²) in [6.07, 6.45) is 1.64. The lowest BCUT2D eigenvalue weighted by molar-refractivity contribution is 0.102. The van der Waals surface area contributed by atoms with E-state index in [1.165, 1.54) is 10.6 Å². The van der Waals surface area contributed by atoms with Crippen LogP contribution in [0.2, 0.25) is 0 Å². The highest BCUT2D eigenvalue weighted by atomic mass is 16.1. The summed E-state index contributed by atoms with van der Waals surface area (Å²) in [5, 5.41) is 4.78. The Kier molecular flexibility index (Phi) is 4.07. The number of nitrogens with zero attached hydrogens (tertiary/aromatic N) is 3. The number of para-hydroxylation sites is 1. The first-order chi connectivity index (χ1) is 14.6. The van der Waals surface area contributed by atoms with Gasteiger partial charge in [-0.15, -0.1) is 0 Å². The zero-order valence-corrected chi connectivity index (χ0v) is 15.6. The van der Waals surface area contributed by atoms with Gasteiger partial charge >= 0.3 is 0 Å². The largest absolute Gasteiger partial charge is 0.358 e. The van der Waals surface area contributed by atoms with E-state index < -0.39 is 5.56 Å². The minimum Gasteiger partial charge on any atom is -0.358 e. The van der Waals surface area contributed by atoms with Crippen molar-refractivity contribution in [1.82, 2.24) is 19.6 Å². The molecule has 2 aromatic carbocycles. The van der Waals surface area contributed by atoms with Crippen LogP contribution in [-0.2, 0) is 0 Å². The highest BCUT2D eigenvalue weighted by molar-refractivity contribution is 6.15. The van der Waals surface area contributed by atoms with Crippen molar-refractivity contribution in [3.05, 3.63) is 112 Å². The maximum atomic E-state index is 13.3. The average molecular weight is 394 g/mol. The number of benzene rings is 2. The summed E-state index contributed by atoms with van der Waals surface area (Å²) in [4.78, 5) is 45.8. The zero-order valence-electron chi connectivity index (χ0n) is 15.6. The molecule has 0 saturated heterocycles. The second kappa shape index (κ2) is 6.89. The standard InChI is InChI=1S/C23H14N4O3/c28-20(14-7-2-1-3-8-14)16-13-18(21(29)17-10-6-12-24-17)26-27-19-11-5-4-9-15(19)23(30)25-22(16)27/h1-13,24H. The van der Waals surface area contributed by atoms with E-state index in [4.69, 9.17) is 0 Å². The van der Waals surface area contributed by atoms with Crippen LogP contribution in [0, 0.1) is 0 Å². The van der Waals surface area contributed by atoms with Gasteiger partial charge in [0.15, 0.2) is 11.4 Å². The predicted octanol–water partition coefficient (Wildman–Crippen LogP) is 3.03. The van der Waals surface area contributed by atoms with Gasteiger partial charge in [-0.25, -0.2) is 4.52 Å². The van der Waals surface area contributed by atoms with Crippen molar-refractivity contribution in [2.45, 2.75) is 0 Å². The number of H-pyrrole nitrogens is 1. The molecule has 0 bridgehead atoms. The first-order valence-electron chi connectivity index (χ1n) is 9.24. The number of fused-ring (bicyclic) bond motifs is 3. The molecule has 3 heterocycles. The molecule has 0 amide bonds. The summed E-state index contributed by atoms with van der Waals surface area (Å²) in [5.74, 6) is -0.718. The molecule has 0 atom stereocenters. The predicted molar refractivity (Wildman–Crippen MR) is 111 cm³/mol. The van der Waals surface area contributed by atoms with E-state index in [0.717, 1.165) is 0 Å². The Morgan fingerprint density at radius 3 is 2.40 bits per heavy atom. The Bertz CT molecular complexity index is 1490. The third-order valence-corrected chi connectivity index (χ3v) is 4.86. The van der Waals surface area contributed by atoms with Crippen molar-refractivity contribution in [2.75, 3.05) is 0 Å². The molecule has 144 valence electrons. The van der Waals surface area contributed by atoms with Crippen LogP contribution in [0.25, 0.3) is 16.6 Å². The summed E-state index contributed by atoms with van der Waals surface area (Å²) in [6.45, 7) is 0. The lowest BCUT2D eigenvalue weighted by Crippen LogP contribution is -2.19. The first-order valence-corrected chi connectivity index (χ1v) is 9.24. The minimum absolute atomic E-state index is 0.0693. The van der Waals surface area contributed by atoms with Gasteiger partial charge in [0.25, 0.3) is 5.56 Å². The summed E-state index contributed by atoms with van der Waals surface area (Å²) < 4.78 is 1.39. The van der Waals surface area contributed by atoms with E-state index in [0.29, 0.717) is 22.2 Å². The summed E-state index contributed by atoms with van der Waals surface area (Å²) >= 11 is 0. The number of aromatic nitrogens is 4. The third kappa shape index (κ3) is 2.80.